The standard InChI is InChI=1S/C21H30N2O4/c1-26-17-11-12-18(19(13-17)27-2)23-21(25)15-9-7-14(8-10-15)20(24)22-16-5-3-4-6-16/h11-16H,3-10H2,1-2H3,(H,22,24)(H,23,25). The van der Waals surface area contributed by atoms with Gasteiger partial charge in [0.25, 0.3) is 0 Å². The van der Waals surface area contributed by atoms with E-state index in [1.165, 1.54) is 12.8 Å². The number of methoxy groups -OCH3 is 2. The van der Waals surface area contributed by atoms with Crippen LogP contribution in [0.1, 0.15) is 51.4 Å². The van der Waals surface area contributed by atoms with Gasteiger partial charge in [0, 0.05) is 23.9 Å². The van der Waals surface area contributed by atoms with Crippen LogP contribution in [0.2, 0.25) is 0 Å². The van der Waals surface area contributed by atoms with Crippen LogP contribution >= 0.6 is 0 Å². The predicted molar refractivity (Wildman–Crippen MR) is 104 cm³/mol. The minimum atomic E-state index is -0.0626. The Kier molecular flexibility index (Phi) is 6.58. The van der Waals surface area contributed by atoms with Crippen molar-refractivity contribution in [2.45, 2.75) is 57.4 Å². The van der Waals surface area contributed by atoms with Crippen molar-refractivity contribution in [3.63, 3.8) is 0 Å². The summed E-state index contributed by atoms with van der Waals surface area (Å²) in [5.74, 6) is 1.41. The lowest BCUT2D eigenvalue weighted by Crippen LogP contribution is -2.39. The van der Waals surface area contributed by atoms with E-state index in [1.54, 1.807) is 32.4 Å². The summed E-state index contributed by atoms with van der Waals surface area (Å²) in [4.78, 5) is 25.1. The van der Waals surface area contributed by atoms with Gasteiger partial charge in [0.2, 0.25) is 11.8 Å². The Hall–Kier alpha value is -2.24. The van der Waals surface area contributed by atoms with Crippen molar-refractivity contribution in [2.24, 2.45) is 11.8 Å². The molecule has 27 heavy (non-hydrogen) atoms. The Morgan fingerprint density at radius 1 is 0.889 bits per heavy atom. The van der Waals surface area contributed by atoms with E-state index >= 15 is 0 Å². The lowest BCUT2D eigenvalue weighted by atomic mass is 9.81. The predicted octanol–water partition coefficient (Wildman–Crippen LogP) is 3.51. The second-order valence-electron chi connectivity index (χ2n) is 7.59. The van der Waals surface area contributed by atoms with Crippen LogP contribution < -0.4 is 20.1 Å². The molecule has 0 radical (unpaired) electrons. The molecule has 2 amide bonds. The molecule has 3 rings (SSSR count). The molecule has 6 heteroatoms. The van der Waals surface area contributed by atoms with Crippen LogP contribution in [0.3, 0.4) is 0 Å². The lowest BCUT2D eigenvalue weighted by Gasteiger charge is -2.28. The minimum Gasteiger partial charge on any atom is -0.497 e. The molecule has 1 aromatic rings. The summed E-state index contributed by atoms with van der Waals surface area (Å²) in [5.41, 5.74) is 0.643. The first-order valence-electron chi connectivity index (χ1n) is 9.94. The molecule has 6 nitrogen and oxygen atoms in total. The number of amides is 2. The van der Waals surface area contributed by atoms with E-state index in [1.807, 2.05) is 0 Å². The summed E-state index contributed by atoms with van der Waals surface area (Å²) in [7, 11) is 3.16. The van der Waals surface area contributed by atoms with E-state index in [-0.39, 0.29) is 23.7 Å². The van der Waals surface area contributed by atoms with Crippen LogP contribution in [0.4, 0.5) is 5.69 Å². The van der Waals surface area contributed by atoms with Crippen LogP contribution in [-0.4, -0.2) is 32.1 Å². The molecule has 2 N–H and O–H groups in total. The molecule has 1 aromatic carbocycles. The molecule has 0 spiro atoms. The molecule has 0 saturated heterocycles. The largest absolute Gasteiger partial charge is 0.497 e. The third-order valence-corrected chi connectivity index (χ3v) is 5.84. The van der Waals surface area contributed by atoms with Gasteiger partial charge in [0.15, 0.2) is 0 Å². The highest BCUT2D eigenvalue weighted by atomic mass is 16.5. The molecule has 2 saturated carbocycles. The van der Waals surface area contributed by atoms with Gasteiger partial charge in [-0.3, -0.25) is 9.59 Å². The first-order chi connectivity index (χ1) is 13.1. The maximum Gasteiger partial charge on any atom is 0.227 e. The summed E-state index contributed by atoms with van der Waals surface area (Å²) in [5, 5.41) is 6.16. The molecule has 0 aliphatic heterocycles. The first kappa shape index (κ1) is 19.5. The fourth-order valence-electron chi connectivity index (χ4n) is 4.14. The second-order valence-corrected chi connectivity index (χ2v) is 7.59. The molecule has 0 unspecified atom stereocenters. The molecule has 0 bridgehead atoms. The molecule has 148 valence electrons. The van der Waals surface area contributed by atoms with E-state index in [0.29, 0.717) is 23.2 Å². The Bertz CT molecular complexity index is 662. The highest BCUT2D eigenvalue weighted by Gasteiger charge is 2.31. The maximum atomic E-state index is 12.6. The highest BCUT2D eigenvalue weighted by molar-refractivity contribution is 5.94. The number of benzene rings is 1. The quantitative estimate of drug-likeness (QED) is 0.799. The fourth-order valence-corrected chi connectivity index (χ4v) is 4.14. The van der Waals surface area contributed by atoms with Gasteiger partial charge >= 0.3 is 0 Å². The van der Waals surface area contributed by atoms with Gasteiger partial charge in [0.05, 0.1) is 19.9 Å². The van der Waals surface area contributed by atoms with Gasteiger partial charge in [-0.2, -0.15) is 0 Å². The SMILES string of the molecule is COc1ccc(NC(=O)C2CCC(C(=O)NC3CCCC3)CC2)c(OC)c1. The fraction of sp³-hybridized carbons (Fsp3) is 0.619. The molecule has 2 aliphatic rings. The molecular formula is C21H30N2O4. The Balaban J connectivity index is 1.50. The van der Waals surface area contributed by atoms with E-state index in [2.05, 4.69) is 10.6 Å². The topological polar surface area (TPSA) is 76.7 Å². The van der Waals surface area contributed by atoms with E-state index in [9.17, 15) is 9.59 Å². The summed E-state index contributed by atoms with van der Waals surface area (Å²) in [6, 6.07) is 5.69. The maximum absolute atomic E-state index is 12.6. The number of carbonyl (C=O) groups excluding carboxylic acids is 2. The summed E-state index contributed by atoms with van der Waals surface area (Å²) < 4.78 is 10.5. The number of rotatable bonds is 6. The van der Waals surface area contributed by atoms with Crippen LogP contribution in [0.15, 0.2) is 18.2 Å². The van der Waals surface area contributed by atoms with Crippen molar-refractivity contribution >= 4 is 17.5 Å². The summed E-state index contributed by atoms with van der Waals surface area (Å²) in [6.45, 7) is 0. The zero-order valence-corrected chi connectivity index (χ0v) is 16.3. The number of nitrogens with one attached hydrogen (secondary N) is 2. The monoisotopic (exact) mass is 374 g/mol. The van der Waals surface area contributed by atoms with Gasteiger partial charge in [0.1, 0.15) is 11.5 Å². The molecule has 0 heterocycles. The van der Waals surface area contributed by atoms with Crippen molar-refractivity contribution in [1.82, 2.24) is 5.32 Å². The van der Waals surface area contributed by atoms with Crippen LogP contribution in [0, 0.1) is 11.8 Å². The van der Waals surface area contributed by atoms with Crippen LogP contribution in [0.25, 0.3) is 0 Å². The molecular weight excluding hydrogens is 344 g/mol. The van der Waals surface area contributed by atoms with Crippen molar-refractivity contribution in [3.05, 3.63) is 18.2 Å². The molecule has 2 aliphatic carbocycles. The van der Waals surface area contributed by atoms with Gasteiger partial charge in [-0.05, 0) is 50.7 Å². The first-order valence-corrected chi connectivity index (χ1v) is 9.94. The molecule has 0 aromatic heterocycles. The van der Waals surface area contributed by atoms with Crippen molar-refractivity contribution in [3.8, 4) is 11.5 Å². The van der Waals surface area contributed by atoms with E-state index < -0.39 is 0 Å². The van der Waals surface area contributed by atoms with Crippen molar-refractivity contribution in [2.75, 3.05) is 19.5 Å². The van der Waals surface area contributed by atoms with Crippen LogP contribution in [-0.2, 0) is 9.59 Å². The van der Waals surface area contributed by atoms with Crippen LogP contribution in [0.5, 0.6) is 11.5 Å². The van der Waals surface area contributed by atoms with Gasteiger partial charge in [-0.1, -0.05) is 12.8 Å². The Morgan fingerprint density at radius 3 is 2.11 bits per heavy atom. The van der Waals surface area contributed by atoms with Crippen molar-refractivity contribution in [1.29, 1.82) is 0 Å². The van der Waals surface area contributed by atoms with Crippen molar-refractivity contribution < 1.29 is 19.1 Å². The van der Waals surface area contributed by atoms with E-state index in [4.69, 9.17) is 9.47 Å². The number of hydrogen-bond donors (Lipinski definition) is 2. The second kappa shape index (κ2) is 9.11. The normalized spacial score (nSPS) is 22.9. The molecule has 0 atom stereocenters. The zero-order chi connectivity index (χ0) is 19.2. The summed E-state index contributed by atoms with van der Waals surface area (Å²) >= 11 is 0. The number of carbonyl (C=O) groups is 2. The number of anilines is 1. The van der Waals surface area contributed by atoms with E-state index in [0.717, 1.165) is 38.5 Å². The number of ether oxygens (including phenoxy) is 2. The average molecular weight is 374 g/mol. The highest BCUT2D eigenvalue weighted by Crippen LogP contribution is 2.33. The average Bonchev–Trinajstić information content (AvgIpc) is 3.21. The third-order valence-electron chi connectivity index (χ3n) is 5.84. The van der Waals surface area contributed by atoms with Gasteiger partial charge in [-0.15, -0.1) is 0 Å². The lowest BCUT2D eigenvalue weighted by molar-refractivity contribution is -0.129. The smallest absolute Gasteiger partial charge is 0.227 e. The summed E-state index contributed by atoms with van der Waals surface area (Å²) in [6.07, 6.45) is 7.67. The third kappa shape index (κ3) is 4.93. The number of hydrogen-bond acceptors (Lipinski definition) is 4. The van der Waals surface area contributed by atoms with Gasteiger partial charge in [-0.25, -0.2) is 0 Å². The van der Waals surface area contributed by atoms with Gasteiger partial charge < -0.3 is 20.1 Å². The molecule has 2 fully saturated rings. The Morgan fingerprint density at radius 2 is 1.52 bits per heavy atom. The minimum absolute atomic E-state index is 0.00637. The Labute approximate surface area is 161 Å². The zero-order valence-electron chi connectivity index (χ0n) is 16.3.